The van der Waals surface area contributed by atoms with Gasteiger partial charge in [0, 0.05) is 23.9 Å². The van der Waals surface area contributed by atoms with Gasteiger partial charge in [-0.2, -0.15) is 0 Å². The summed E-state index contributed by atoms with van der Waals surface area (Å²) in [6.45, 7) is 1.69. The lowest BCUT2D eigenvalue weighted by Gasteiger charge is -2.53. The molecule has 0 atom stereocenters. The second-order valence-corrected chi connectivity index (χ2v) is 4.82. The first kappa shape index (κ1) is 9.31. The molecule has 2 fully saturated rings. The van der Waals surface area contributed by atoms with Crippen LogP contribution in [0.2, 0.25) is 0 Å². The van der Waals surface area contributed by atoms with E-state index in [4.69, 9.17) is 10.5 Å². The second-order valence-electron chi connectivity index (χ2n) is 4.82. The lowest BCUT2D eigenvalue weighted by molar-refractivity contribution is -0.111. The van der Waals surface area contributed by atoms with Crippen LogP contribution in [-0.2, 0) is 10.2 Å². The molecule has 0 aromatic carbocycles. The van der Waals surface area contributed by atoms with E-state index in [2.05, 4.69) is 11.1 Å². The van der Waals surface area contributed by atoms with Crippen LogP contribution in [0.25, 0.3) is 0 Å². The minimum atomic E-state index is 0.226. The number of nitrogens with two attached hydrogens (primary N) is 1. The summed E-state index contributed by atoms with van der Waals surface area (Å²) < 4.78 is 5.42. The third kappa shape index (κ3) is 1.30. The first-order valence-electron chi connectivity index (χ1n) is 5.55. The van der Waals surface area contributed by atoms with Gasteiger partial charge in [-0.3, -0.25) is 4.98 Å². The molecule has 1 aromatic rings. The van der Waals surface area contributed by atoms with Gasteiger partial charge in [-0.15, -0.1) is 0 Å². The summed E-state index contributed by atoms with van der Waals surface area (Å²) in [7, 11) is 0. The average Bonchev–Trinajstić information content (AvgIpc) is 2.15. The Morgan fingerprint density at radius 1 is 1.40 bits per heavy atom. The highest BCUT2D eigenvalue weighted by atomic mass is 16.5. The van der Waals surface area contributed by atoms with Gasteiger partial charge in [0.05, 0.1) is 13.2 Å². The first-order valence-corrected chi connectivity index (χ1v) is 5.55. The fraction of sp³-hybridized carbons (Fsp3) is 0.583. The van der Waals surface area contributed by atoms with Crippen molar-refractivity contribution in [1.82, 2.24) is 4.98 Å². The van der Waals surface area contributed by atoms with Crippen molar-refractivity contribution < 1.29 is 4.74 Å². The summed E-state index contributed by atoms with van der Waals surface area (Å²) in [5.41, 5.74) is 7.42. The summed E-state index contributed by atoms with van der Waals surface area (Å²) in [6.07, 6.45) is 6.08. The second kappa shape index (κ2) is 3.29. The van der Waals surface area contributed by atoms with E-state index >= 15 is 0 Å². The Labute approximate surface area is 89.6 Å². The SMILES string of the molecule is NC1CC(C2(c3cccnc3)COC2)C1. The van der Waals surface area contributed by atoms with Crippen molar-refractivity contribution in [3.8, 4) is 0 Å². The van der Waals surface area contributed by atoms with Gasteiger partial charge in [0.2, 0.25) is 0 Å². The minimum absolute atomic E-state index is 0.226. The van der Waals surface area contributed by atoms with Crippen molar-refractivity contribution in [1.29, 1.82) is 0 Å². The normalized spacial score (nSPS) is 32.9. The van der Waals surface area contributed by atoms with Crippen LogP contribution in [0.3, 0.4) is 0 Å². The lowest BCUT2D eigenvalue weighted by atomic mass is 9.59. The van der Waals surface area contributed by atoms with E-state index in [0.29, 0.717) is 12.0 Å². The number of hydrogen-bond donors (Lipinski definition) is 1. The predicted molar refractivity (Wildman–Crippen MR) is 57.4 cm³/mol. The van der Waals surface area contributed by atoms with Crippen molar-refractivity contribution in [3.05, 3.63) is 30.1 Å². The third-order valence-electron chi connectivity index (χ3n) is 3.91. The van der Waals surface area contributed by atoms with Crippen LogP contribution in [0.4, 0.5) is 0 Å². The molecule has 2 N–H and O–H groups in total. The Kier molecular flexibility index (Phi) is 2.04. The Morgan fingerprint density at radius 2 is 2.20 bits per heavy atom. The summed E-state index contributed by atoms with van der Waals surface area (Å²) in [6, 6.07) is 4.58. The third-order valence-corrected chi connectivity index (χ3v) is 3.91. The molecule has 15 heavy (non-hydrogen) atoms. The van der Waals surface area contributed by atoms with Crippen LogP contribution in [0.5, 0.6) is 0 Å². The molecule has 1 saturated carbocycles. The fourth-order valence-electron chi connectivity index (χ4n) is 2.73. The molecule has 1 saturated heterocycles. The largest absolute Gasteiger partial charge is 0.379 e. The molecule has 0 spiro atoms. The Hall–Kier alpha value is -0.930. The zero-order valence-corrected chi connectivity index (χ0v) is 8.73. The van der Waals surface area contributed by atoms with Crippen LogP contribution in [0.1, 0.15) is 18.4 Å². The van der Waals surface area contributed by atoms with E-state index in [1.165, 1.54) is 5.56 Å². The molecule has 2 heterocycles. The van der Waals surface area contributed by atoms with Gasteiger partial charge < -0.3 is 10.5 Å². The van der Waals surface area contributed by atoms with Gasteiger partial charge in [-0.25, -0.2) is 0 Å². The van der Waals surface area contributed by atoms with E-state index in [1.807, 2.05) is 18.5 Å². The van der Waals surface area contributed by atoms with Crippen molar-refractivity contribution in [2.75, 3.05) is 13.2 Å². The smallest absolute Gasteiger partial charge is 0.0588 e. The number of nitrogens with zero attached hydrogens (tertiary/aromatic N) is 1. The van der Waals surface area contributed by atoms with E-state index in [9.17, 15) is 0 Å². The molecular formula is C12H16N2O. The van der Waals surface area contributed by atoms with E-state index in [0.717, 1.165) is 26.1 Å². The van der Waals surface area contributed by atoms with Crippen LogP contribution < -0.4 is 5.73 Å². The molecular weight excluding hydrogens is 188 g/mol. The standard InChI is InChI=1S/C12H16N2O/c13-11-4-10(5-11)12(7-15-8-12)9-2-1-3-14-6-9/h1-3,6,10-11H,4-5,7-8,13H2. The van der Waals surface area contributed by atoms with E-state index in [-0.39, 0.29) is 5.41 Å². The molecule has 3 nitrogen and oxygen atoms in total. The van der Waals surface area contributed by atoms with Gasteiger partial charge in [0.15, 0.2) is 0 Å². The molecule has 0 radical (unpaired) electrons. The van der Waals surface area contributed by atoms with Crippen LogP contribution in [-0.4, -0.2) is 24.2 Å². The molecule has 1 aliphatic heterocycles. The Morgan fingerprint density at radius 3 is 2.67 bits per heavy atom. The quantitative estimate of drug-likeness (QED) is 0.784. The zero-order chi connectivity index (χ0) is 10.3. The number of ether oxygens (including phenoxy) is 1. The molecule has 1 aromatic heterocycles. The molecule has 80 valence electrons. The number of hydrogen-bond acceptors (Lipinski definition) is 3. The van der Waals surface area contributed by atoms with E-state index < -0.39 is 0 Å². The van der Waals surface area contributed by atoms with Crippen molar-refractivity contribution in [2.24, 2.45) is 11.7 Å². The summed E-state index contributed by atoms with van der Waals surface area (Å²) in [5.74, 6) is 0.699. The van der Waals surface area contributed by atoms with Gasteiger partial charge in [-0.1, -0.05) is 6.07 Å². The predicted octanol–water partition coefficient (Wildman–Crippen LogP) is 1.09. The highest BCUT2D eigenvalue weighted by molar-refractivity contribution is 5.28. The van der Waals surface area contributed by atoms with Crippen LogP contribution >= 0.6 is 0 Å². The number of aromatic nitrogens is 1. The average molecular weight is 204 g/mol. The number of rotatable bonds is 2. The minimum Gasteiger partial charge on any atom is -0.379 e. The van der Waals surface area contributed by atoms with Crippen LogP contribution in [0.15, 0.2) is 24.5 Å². The fourth-order valence-corrected chi connectivity index (χ4v) is 2.73. The van der Waals surface area contributed by atoms with Gasteiger partial charge in [-0.05, 0) is 30.4 Å². The highest BCUT2D eigenvalue weighted by Gasteiger charge is 2.51. The van der Waals surface area contributed by atoms with Gasteiger partial charge in [0.1, 0.15) is 0 Å². The molecule has 0 unspecified atom stereocenters. The first-order chi connectivity index (χ1) is 7.31. The monoisotopic (exact) mass is 204 g/mol. The molecule has 2 aliphatic rings. The van der Waals surface area contributed by atoms with Crippen molar-refractivity contribution in [3.63, 3.8) is 0 Å². The van der Waals surface area contributed by atoms with Crippen molar-refractivity contribution in [2.45, 2.75) is 24.3 Å². The Balaban J connectivity index is 1.87. The summed E-state index contributed by atoms with van der Waals surface area (Å²) in [5, 5.41) is 0. The topological polar surface area (TPSA) is 48.1 Å². The molecule has 3 rings (SSSR count). The lowest BCUT2D eigenvalue weighted by Crippen LogP contribution is -2.58. The van der Waals surface area contributed by atoms with Gasteiger partial charge in [0.25, 0.3) is 0 Å². The Bertz CT molecular complexity index is 342. The molecule has 3 heteroatoms. The van der Waals surface area contributed by atoms with Crippen LogP contribution in [0, 0.1) is 5.92 Å². The number of pyridine rings is 1. The molecule has 0 amide bonds. The van der Waals surface area contributed by atoms with Crippen molar-refractivity contribution >= 4 is 0 Å². The summed E-state index contributed by atoms with van der Waals surface area (Å²) >= 11 is 0. The molecule has 1 aliphatic carbocycles. The maximum Gasteiger partial charge on any atom is 0.0588 e. The molecule has 0 bridgehead atoms. The highest BCUT2D eigenvalue weighted by Crippen LogP contribution is 2.47. The maximum absolute atomic E-state index is 5.87. The zero-order valence-electron chi connectivity index (χ0n) is 8.73. The summed E-state index contributed by atoms with van der Waals surface area (Å²) in [4.78, 5) is 4.21. The maximum atomic E-state index is 5.87. The van der Waals surface area contributed by atoms with E-state index in [1.54, 1.807) is 0 Å². The van der Waals surface area contributed by atoms with Gasteiger partial charge >= 0.3 is 0 Å².